The normalized spacial score (nSPS) is 38.0. The molecule has 1 saturated heterocycles. The van der Waals surface area contributed by atoms with Crippen molar-refractivity contribution >= 4 is 5.91 Å². The van der Waals surface area contributed by atoms with E-state index >= 15 is 0 Å². The molecule has 3 fully saturated rings. The molecule has 2 aliphatic carbocycles. The van der Waals surface area contributed by atoms with Crippen molar-refractivity contribution in [1.29, 1.82) is 0 Å². The summed E-state index contributed by atoms with van der Waals surface area (Å²) in [5.74, 6) is 1.51. The van der Waals surface area contributed by atoms with Crippen molar-refractivity contribution in [2.24, 2.45) is 22.7 Å². The number of methoxy groups -OCH3 is 1. The monoisotopic (exact) mass is 291 g/mol. The molecule has 3 aliphatic rings. The number of fused-ring (bicyclic) bond motifs is 2. The maximum Gasteiger partial charge on any atom is 0.232 e. The molecule has 3 atom stereocenters. The third-order valence-electron chi connectivity index (χ3n) is 6.51. The van der Waals surface area contributed by atoms with E-state index in [4.69, 9.17) is 4.74 Å². The predicted octanol–water partition coefficient (Wildman–Crippen LogP) is 3.25. The number of rotatable bonds is 3. The summed E-state index contributed by atoms with van der Waals surface area (Å²) in [6, 6.07) is 0. The molecule has 118 valence electrons. The second kappa shape index (κ2) is 5.12. The molecular weight excluding hydrogens is 262 g/mol. The maximum atomic E-state index is 13.3. The summed E-state index contributed by atoms with van der Waals surface area (Å²) in [5.41, 5.74) is 1.09. The molecule has 1 amide bonds. The number of ether oxygens (including phenoxy) is 1. The van der Waals surface area contributed by atoms with Crippen LogP contribution in [-0.2, 0) is 9.53 Å². The van der Waals surface area contributed by atoms with Crippen LogP contribution >= 0.6 is 0 Å². The van der Waals surface area contributed by atoms with Gasteiger partial charge in [0.1, 0.15) is 0 Å². The van der Waals surface area contributed by atoms with Gasteiger partial charge in [-0.05, 0) is 49.4 Å². The molecule has 3 nitrogen and oxygen atoms in total. The lowest BCUT2D eigenvalue weighted by atomic mass is 9.68. The van der Waals surface area contributed by atoms with Gasteiger partial charge in [0, 0.05) is 20.2 Å². The van der Waals surface area contributed by atoms with Crippen molar-refractivity contribution in [3.05, 3.63) is 12.2 Å². The lowest BCUT2D eigenvalue weighted by Gasteiger charge is -2.42. The van der Waals surface area contributed by atoms with E-state index in [-0.39, 0.29) is 10.8 Å². The lowest BCUT2D eigenvalue weighted by Crippen LogP contribution is -2.48. The average molecular weight is 291 g/mol. The Morgan fingerprint density at radius 3 is 2.81 bits per heavy atom. The van der Waals surface area contributed by atoms with E-state index in [2.05, 4.69) is 25.3 Å². The smallest absolute Gasteiger partial charge is 0.232 e. The van der Waals surface area contributed by atoms with Crippen molar-refractivity contribution in [3.63, 3.8) is 0 Å². The summed E-state index contributed by atoms with van der Waals surface area (Å²) in [6.07, 6.45) is 5.52. The molecule has 21 heavy (non-hydrogen) atoms. The predicted molar refractivity (Wildman–Crippen MR) is 83.9 cm³/mol. The zero-order chi connectivity index (χ0) is 15.3. The summed E-state index contributed by atoms with van der Waals surface area (Å²) in [6.45, 7) is 11.5. The van der Waals surface area contributed by atoms with E-state index in [1.165, 1.54) is 18.4 Å². The number of likely N-dealkylation sites (tertiary alicyclic amines) is 1. The first kappa shape index (κ1) is 15.1. The summed E-state index contributed by atoms with van der Waals surface area (Å²) < 4.78 is 5.29. The van der Waals surface area contributed by atoms with Crippen molar-refractivity contribution in [1.82, 2.24) is 4.90 Å². The highest BCUT2D eigenvalue weighted by atomic mass is 16.5. The fourth-order valence-electron chi connectivity index (χ4n) is 5.05. The highest BCUT2D eigenvalue weighted by molar-refractivity contribution is 5.87. The first-order valence-corrected chi connectivity index (χ1v) is 8.40. The second-order valence-corrected chi connectivity index (χ2v) is 7.94. The third kappa shape index (κ3) is 2.16. The van der Waals surface area contributed by atoms with Gasteiger partial charge in [0.2, 0.25) is 5.91 Å². The minimum Gasteiger partial charge on any atom is -0.384 e. The Balaban J connectivity index is 1.78. The molecule has 3 heteroatoms. The van der Waals surface area contributed by atoms with Gasteiger partial charge in [0.25, 0.3) is 0 Å². The van der Waals surface area contributed by atoms with Crippen LogP contribution in [0.5, 0.6) is 0 Å². The Morgan fingerprint density at radius 1 is 1.43 bits per heavy atom. The van der Waals surface area contributed by atoms with E-state index in [0.717, 1.165) is 39.0 Å². The molecule has 2 bridgehead atoms. The molecule has 0 aromatic heterocycles. The summed E-state index contributed by atoms with van der Waals surface area (Å²) in [5, 5.41) is 0. The van der Waals surface area contributed by atoms with E-state index in [1.54, 1.807) is 7.11 Å². The van der Waals surface area contributed by atoms with E-state index < -0.39 is 0 Å². The van der Waals surface area contributed by atoms with Crippen LogP contribution in [0, 0.1) is 22.7 Å². The van der Waals surface area contributed by atoms with Crippen LogP contribution in [0.1, 0.15) is 46.0 Å². The van der Waals surface area contributed by atoms with Crippen molar-refractivity contribution < 1.29 is 9.53 Å². The number of nitrogens with zero attached hydrogens (tertiary/aromatic N) is 1. The van der Waals surface area contributed by atoms with Crippen LogP contribution < -0.4 is 0 Å². The Hall–Kier alpha value is -0.830. The minimum atomic E-state index is -0.247. The van der Waals surface area contributed by atoms with Crippen LogP contribution in [0.15, 0.2) is 12.2 Å². The second-order valence-electron chi connectivity index (χ2n) is 7.94. The number of piperidine rings is 1. The number of amides is 1. The zero-order valence-electron chi connectivity index (χ0n) is 13.8. The van der Waals surface area contributed by atoms with Crippen LogP contribution in [0.3, 0.4) is 0 Å². The molecule has 2 saturated carbocycles. The zero-order valence-corrected chi connectivity index (χ0v) is 13.8. The van der Waals surface area contributed by atoms with Crippen molar-refractivity contribution in [2.75, 3.05) is 26.8 Å². The fraction of sp³-hybridized carbons (Fsp3) is 0.833. The van der Waals surface area contributed by atoms with Gasteiger partial charge in [-0.15, -0.1) is 0 Å². The molecule has 0 N–H and O–H groups in total. The quantitative estimate of drug-likeness (QED) is 0.747. The molecule has 0 unspecified atom stereocenters. The standard InChI is InChI=1S/C18H29NO2/c1-13-17(2,3)15-7-8-18(13,10-15)16(20)19-9-5-6-14(11-19)12-21-4/h14-15H,1,5-12H2,2-4H3/t14-,15+,18-/m1/s1. The molecule has 1 heterocycles. The van der Waals surface area contributed by atoms with Gasteiger partial charge in [-0.1, -0.05) is 26.0 Å². The van der Waals surface area contributed by atoms with Gasteiger partial charge >= 0.3 is 0 Å². The SMILES string of the molecule is C=C1C(C)(C)[C@H]2CC[C@@]1(C(=O)N1CCC[C@@H](COC)C1)C2. The molecule has 0 aromatic rings. The fourth-order valence-corrected chi connectivity index (χ4v) is 5.05. The van der Waals surface area contributed by atoms with E-state index in [9.17, 15) is 4.79 Å². The Bertz CT molecular complexity index is 454. The molecule has 0 spiro atoms. The molecular formula is C18H29NO2. The summed E-state index contributed by atoms with van der Waals surface area (Å²) in [7, 11) is 1.75. The van der Waals surface area contributed by atoms with Gasteiger partial charge in [-0.25, -0.2) is 0 Å². The Labute approximate surface area is 128 Å². The van der Waals surface area contributed by atoms with Gasteiger partial charge in [-0.3, -0.25) is 4.79 Å². The van der Waals surface area contributed by atoms with Crippen molar-refractivity contribution in [3.8, 4) is 0 Å². The number of hydrogen-bond acceptors (Lipinski definition) is 2. The highest BCUT2D eigenvalue weighted by Crippen LogP contribution is 2.66. The van der Waals surface area contributed by atoms with Gasteiger partial charge in [0.05, 0.1) is 12.0 Å². The first-order valence-electron chi connectivity index (χ1n) is 8.40. The summed E-state index contributed by atoms with van der Waals surface area (Å²) in [4.78, 5) is 15.4. The summed E-state index contributed by atoms with van der Waals surface area (Å²) >= 11 is 0. The third-order valence-corrected chi connectivity index (χ3v) is 6.51. The van der Waals surface area contributed by atoms with E-state index in [0.29, 0.717) is 17.7 Å². The van der Waals surface area contributed by atoms with Gasteiger partial charge in [0.15, 0.2) is 0 Å². The number of carbonyl (C=O) groups is 1. The maximum absolute atomic E-state index is 13.3. The largest absolute Gasteiger partial charge is 0.384 e. The molecule has 0 aromatic carbocycles. The molecule has 3 rings (SSSR count). The van der Waals surface area contributed by atoms with Crippen LogP contribution in [0.25, 0.3) is 0 Å². The topological polar surface area (TPSA) is 29.5 Å². The van der Waals surface area contributed by atoms with Crippen LogP contribution in [-0.4, -0.2) is 37.6 Å². The van der Waals surface area contributed by atoms with Gasteiger partial charge in [-0.2, -0.15) is 0 Å². The van der Waals surface area contributed by atoms with Crippen LogP contribution in [0.2, 0.25) is 0 Å². The molecule has 0 radical (unpaired) electrons. The average Bonchev–Trinajstić information content (AvgIpc) is 2.99. The highest BCUT2D eigenvalue weighted by Gasteiger charge is 2.61. The number of hydrogen-bond donors (Lipinski definition) is 0. The first-order chi connectivity index (χ1) is 9.91. The van der Waals surface area contributed by atoms with Crippen molar-refractivity contribution in [2.45, 2.75) is 46.0 Å². The number of carbonyl (C=O) groups excluding carboxylic acids is 1. The lowest BCUT2D eigenvalue weighted by molar-refractivity contribution is -0.142. The Morgan fingerprint density at radius 2 is 2.19 bits per heavy atom. The van der Waals surface area contributed by atoms with Gasteiger partial charge < -0.3 is 9.64 Å². The Kier molecular flexibility index (Phi) is 3.67. The van der Waals surface area contributed by atoms with Crippen LogP contribution in [0.4, 0.5) is 0 Å². The minimum absolute atomic E-state index is 0.135. The van der Waals surface area contributed by atoms with E-state index in [1.807, 2.05) is 0 Å². The molecule has 1 aliphatic heterocycles.